The van der Waals surface area contributed by atoms with E-state index in [2.05, 4.69) is 36.0 Å². The Hall–Kier alpha value is -1.06. The summed E-state index contributed by atoms with van der Waals surface area (Å²) < 4.78 is 5.56. The molecule has 2 aromatic rings. The van der Waals surface area contributed by atoms with E-state index in [-0.39, 0.29) is 0 Å². The van der Waals surface area contributed by atoms with Gasteiger partial charge in [-0.25, -0.2) is 0 Å². The van der Waals surface area contributed by atoms with Gasteiger partial charge < -0.3 is 9.73 Å². The molecule has 0 aliphatic carbocycles. The van der Waals surface area contributed by atoms with E-state index < -0.39 is 0 Å². The van der Waals surface area contributed by atoms with Gasteiger partial charge in [-0.2, -0.15) is 11.3 Å². The monoisotopic (exact) mass is 249 g/mol. The molecule has 2 heterocycles. The average Bonchev–Trinajstić information content (AvgIpc) is 2.81. The van der Waals surface area contributed by atoms with Crippen LogP contribution in [0.1, 0.15) is 41.2 Å². The molecule has 1 atom stereocenters. The van der Waals surface area contributed by atoms with Crippen molar-refractivity contribution < 1.29 is 4.42 Å². The van der Waals surface area contributed by atoms with E-state index >= 15 is 0 Å². The quantitative estimate of drug-likeness (QED) is 0.882. The summed E-state index contributed by atoms with van der Waals surface area (Å²) >= 11 is 1.76. The fourth-order valence-corrected chi connectivity index (χ4v) is 2.88. The predicted molar refractivity (Wildman–Crippen MR) is 72.5 cm³/mol. The van der Waals surface area contributed by atoms with Gasteiger partial charge in [0.15, 0.2) is 0 Å². The first kappa shape index (κ1) is 12.4. The normalized spacial score (nSPS) is 12.9. The average molecular weight is 249 g/mol. The highest BCUT2D eigenvalue weighted by Gasteiger charge is 2.12. The minimum Gasteiger partial charge on any atom is -0.466 e. The van der Waals surface area contributed by atoms with Crippen LogP contribution in [0.5, 0.6) is 0 Å². The lowest BCUT2D eigenvalue weighted by Crippen LogP contribution is -2.18. The highest BCUT2D eigenvalue weighted by atomic mass is 32.1. The fourth-order valence-electron chi connectivity index (χ4n) is 2.02. The molecule has 92 valence electrons. The molecule has 1 N–H and O–H groups in total. The third-order valence-electron chi connectivity index (χ3n) is 3.11. The van der Waals surface area contributed by atoms with E-state index in [9.17, 15) is 0 Å². The lowest BCUT2D eigenvalue weighted by atomic mass is 10.1. The molecule has 0 bridgehead atoms. The van der Waals surface area contributed by atoms with Crippen LogP contribution < -0.4 is 5.32 Å². The minimum atomic E-state index is 0.326. The van der Waals surface area contributed by atoms with Gasteiger partial charge in [-0.15, -0.1) is 0 Å². The summed E-state index contributed by atoms with van der Waals surface area (Å²) in [6, 6.07) is 2.44. The van der Waals surface area contributed by atoms with Crippen LogP contribution in [0.2, 0.25) is 0 Å². The van der Waals surface area contributed by atoms with Gasteiger partial charge in [0, 0.05) is 18.2 Å². The maximum atomic E-state index is 5.56. The van der Waals surface area contributed by atoms with Crippen molar-refractivity contribution >= 4 is 11.3 Å². The maximum Gasteiger partial charge on any atom is 0.105 e. The molecule has 0 amide bonds. The first-order valence-electron chi connectivity index (χ1n) is 5.90. The van der Waals surface area contributed by atoms with Crippen molar-refractivity contribution in [1.29, 1.82) is 0 Å². The van der Waals surface area contributed by atoms with Crippen molar-refractivity contribution in [1.82, 2.24) is 5.32 Å². The van der Waals surface area contributed by atoms with Gasteiger partial charge in [0.25, 0.3) is 0 Å². The molecule has 17 heavy (non-hydrogen) atoms. The van der Waals surface area contributed by atoms with Gasteiger partial charge in [0.05, 0.1) is 0 Å². The van der Waals surface area contributed by atoms with Crippen LogP contribution in [0, 0.1) is 20.8 Å². The van der Waals surface area contributed by atoms with Crippen LogP contribution in [-0.2, 0) is 6.54 Å². The van der Waals surface area contributed by atoms with Gasteiger partial charge in [-0.1, -0.05) is 0 Å². The van der Waals surface area contributed by atoms with Crippen molar-refractivity contribution in [3.8, 4) is 0 Å². The van der Waals surface area contributed by atoms with E-state index in [1.54, 1.807) is 11.3 Å². The standard InChI is InChI=1S/C14H19NOS/c1-9-7-17-8-13(9)6-15-11(3)14-5-10(2)16-12(14)4/h5,7-8,11,15H,6H2,1-4H3. The molecule has 2 rings (SSSR count). The molecule has 2 nitrogen and oxygen atoms in total. The SMILES string of the molecule is Cc1cc(C(C)NCc2cscc2C)c(C)o1. The summed E-state index contributed by atoms with van der Waals surface area (Å²) in [5.41, 5.74) is 4.02. The van der Waals surface area contributed by atoms with Gasteiger partial charge in [-0.05, 0) is 55.6 Å². The molecule has 2 aromatic heterocycles. The van der Waals surface area contributed by atoms with Crippen molar-refractivity contribution in [2.24, 2.45) is 0 Å². The summed E-state index contributed by atoms with van der Waals surface area (Å²) in [6.45, 7) is 9.27. The highest BCUT2D eigenvalue weighted by Crippen LogP contribution is 2.22. The molecule has 0 saturated carbocycles. The van der Waals surface area contributed by atoms with Crippen LogP contribution in [0.15, 0.2) is 21.2 Å². The Labute approximate surface area is 107 Å². The van der Waals surface area contributed by atoms with Crippen LogP contribution in [0.4, 0.5) is 0 Å². The third-order valence-corrected chi connectivity index (χ3v) is 4.02. The number of nitrogens with one attached hydrogen (secondary N) is 1. The zero-order valence-electron chi connectivity index (χ0n) is 10.8. The lowest BCUT2D eigenvalue weighted by molar-refractivity contribution is 0.489. The van der Waals surface area contributed by atoms with Gasteiger partial charge in [0.1, 0.15) is 11.5 Å². The second kappa shape index (κ2) is 5.07. The predicted octanol–water partition coefficient (Wildman–Crippen LogP) is 4.12. The van der Waals surface area contributed by atoms with E-state index in [1.165, 1.54) is 16.7 Å². The molecule has 3 heteroatoms. The van der Waals surface area contributed by atoms with Crippen molar-refractivity contribution in [2.45, 2.75) is 40.3 Å². The van der Waals surface area contributed by atoms with E-state index in [4.69, 9.17) is 4.42 Å². The Balaban J connectivity index is 2.00. The molecule has 0 spiro atoms. The number of hydrogen-bond acceptors (Lipinski definition) is 3. The summed E-state index contributed by atoms with van der Waals surface area (Å²) in [7, 11) is 0. The molecule has 0 aliphatic rings. The number of hydrogen-bond donors (Lipinski definition) is 1. The van der Waals surface area contributed by atoms with Crippen LogP contribution in [0.3, 0.4) is 0 Å². The van der Waals surface area contributed by atoms with Crippen LogP contribution in [0.25, 0.3) is 0 Å². The number of rotatable bonds is 4. The first-order valence-corrected chi connectivity index (χ1v) is 6.84. The summed E-state index contributed by atoms with van der Waals surface area (Å²) in [6.07, 6.45) is 0. The number of furan rings is 1. The van der Waals surface area contributed by atoms with Crippen molar-refractivity contribution in [2.75, 3.05) is 0 Å². The zero-order chi connectivity index (χ0) is 12.4. The largest absolute Gasteiger partial charge is 0.466 e. The third kappa shape index (κ3) is 2.79. The summed E-state index contributed by atoms with van der Waals surface area (Å²) in [5, 5.41) is 7.94. The maximum absolute atomic E-state index is 5.56. The molecule has 0 aliphatic heterocycles. The molecule has 0 saturated heterocycles. The Kier molecular flexibility index (Phi) is 3.69. The molecule has 1 unspecified atom stereocenters. The number of aryl methyl sites for hydroxylation is 3. The summed E-state index contributed by atoms with van der Waals surface area (Å²) in [4.78, 5) is 0. The molecule has 0 fully saturated rings. The molecular weight excluding hydrogens is 230 g/mol. The van der Waals surface area contributed by atoms with Crippen LogP contribution in [-0.4, -0.2) is 0 Å². The van der Waals surface area contributed by atoms with Gasteiger partial charge >= 0.3 is 0 Å². The van der Waals surface area contributed by atoms with E-state index in [1.807, 2.05) is 13.8 Å². The highest BCUT2D eigenvalue weighted by molar-refractivity contribution is 7.08. The van der Waals surface area contributed by atoms with E-state index in [0.29, 0.717) is 6.04 Å². The fraction of sp³-hybridized carbons (Fsp3) is 0.429. The van der Waals surface area contributed by atoms with Gasteiger partial charge in [-0.3, -0.25) is 0 Å². The lowest BCUT2D eigenvalue weighted by Gasteiger charge is -2.12. The second-order valence-electron chi connectivity index (χ2n) is 4.55. The first-order chi connectivity index (χ1) is 8.08. The smallest absolute Gasteiger partial charge is 0.105 e. The Morgan fingerprint density at radius 1 is 1.29 bits per heavy atom. The van der Waals surface area contributed by atoms with E-state index in [0.717, 1.165) is 18.1 Å². The Morgan fingerprint density at radius 3 is 2.59 bits per heavy atom. The zero-order valence-corrected chi connectivity index (χ0v) is 11.6. The van der Waals surface area contributed by atoms with Gasteiger partial charge in [0.2, 0.25) is 0 Å². The van der Waals surface area contributed by atoms with Crippen LogP contribution >= 0.6 is 11.3 Å². The second-order valence-corrected chi connectivity index (χ2v) is 5.29. The Bertz CT molecular complexity index is 498. The molecule has 0 aromatic carbocycles. The number of thiophene rings is 1. The molecule has 0 radical (unpaired) electrons. The Morgan fingerprint density at radius 2 is 2.06 bits per heavy atom. The topological polar surface area (TPSA) is 25.2 Å². The van der Waals surface area contributed by atoms with Crippen molar-refractivity contribution in [3.05, 3.63) is 45.0 Å². The molecular formula is C14H19NOS. The minimum absolute atomic E-state index is 0.326. The van der Waals surface area contributed by atoms with Crippen molar-refractivity contribution in [3.63, 3.8) is 0 Å². The summed E-state index contributed by atoms with van der Waals surface area (Å²) in [5.74, 6) is 2.00.